The molecule has 0 aromatic heterocycles. The summed E-state index contributed by atoms with van der Waals surface area (Å²) < 4.78 is 0. The van der Waals surface area contributed by atoms with Gasteiger partial charge < -0.3 is 15.3 Å². The summed E-state index contributed by atoms with van der Waals surface area (Å²) in [6.07, 6.45) is 6.23. The Labute approximate surface area is 125 Å². The van der Waals surface area contributed by atoms with Crippen molar-refractivity contribution in [1.82, 2.24) is 0 Å². The van der Waals surface area contributed by atoms with Gasteiger partial charge in [-0.25, -0.2) is 0 Å². The minimum absolute atomic E-state index is 0.00383. The van der Waals surface area contributed by atoms with Gasteiger partial charge in [-0.05, 0) is 85.0 Å². The van der Waals surface area contributed by atoms with Crippen LogP contribution in [0.5, 0.6) is 11.5 Å². The quantitative estimate of drug-likeness (QED) is 0.642. The van der Waals surface area contributed by atoms with E-state index in [1.165, 1.54) is 11.1 Å². The molecule has 0 radical (unpaired) electrons. The summed E-state index contributed by atoms with van der Waals surface area (Å²) in [5.74, 6) is 1.73. The molecule has 0 amide bonds. The fourth-order valence-corrected chi connectivity index (χ4v) is 5.57. The van der Waals surface area contributed by atoms with E-state index in [4.69, 9.17) is 0 Å². The zero-order valence-corrected chi connectivity index (χ0v) is 12.5. The molecule has 0 spiro atoms. The van der Waals surface area contributed by atoms with Crippen LogP contribution in [-0.4, -0.2) is 21.4 Å². The lowest BCUT2D eigenvalue weighted by molar-refractivity contribution is -0.0226. The first kappa shape index (κ1) is 13.4. The zero-order valence-electron chi connectivity index (χ0n) is 12.5. The second-order valence-corrected chi connectivity index (χ2v) is 7.59. The van der Waals surface area contributed by atoms with Gasteiger partial charge in [-0.3, -0.25) is 0 Å². The number of phenolic OH excluding ortho intramolecular Hbond substituents is 2. The Morgan fingerprint density at radius 2 is 1.81 bits per heavy atom. The first-order chi connectivity index (χ1) is 10.0. The molecule has 21 heavy (non-hydrogen) atoms. The predicted molar refractivity (Wildman–Crippen MR) is 80.4 cm³/mol. The second kappa shape index (κ2) is 4.39. The molecule has 0 bridgehead atoms. The Bertz CT molecular complexity index is 582. The van der Waals surface area contributed by atoms with Crippen LogP contribution in [0.4, 0.5) is 0 Å². The fourth-order valence-electron chi connectivity index (χ4n) is 5.57. The summed E-state index contributed by atoms with van der Waals surface area (Å²) in [5.41, 5.74) is 2.54. The van der Waals surface area contributed by atoms with E-state index in [0.717, 1.165) is 38.5 Å². The molecular formula is C18H24O3. The molecule has 0 saturated heterocycles. The molecule has 3 heteroatoms. The largest absolute Gasteiger partial charge is 0.504 e. The SMILES string of the molecule is C[C@]12CC[C@@H]3c4cc(O)c(O)cc4CCC3[C@@H]1CC[C@@H]2O. The third-order valence-electron chi connectivity index (χ3n) is 6.77. The van der Waals surface area contributed by atoms with Crippen LogP contribution < -0.4 is 0 Å². The van der Waals surface area contributed by atoms with Crippen LogP contribution in [0.1, 0.15) is 56.1 Å². The van der Waals surface area contributed by atoms with Crippen molar-refractivity contribution in [3.05, 3.63) is 23.3 Å². The van der Waals surface area contributed by atoms with Gasteiger partial charge in [0.05, 0.1) is 6.10 Å². The summed E-state index contributed by atoms with van der Waals surface area (Å²) in [6.45, 7) is 2.27. The zero-order chi connectivity index (χ0) is 14.8. The van der Waals surface area contributed by atoms with Crippen LogP contribution in [0.3, 0.4) is 0 Å². The molecule has 114 valence electrons. The van der Waals surface area contributed by atoms with E-state index in [-0.39, 0.29) is 23.0 Å². The van der Waals surface area contributed by atoms with Crippen LogP contribution in [0, 0.1) is 17.3 Å². The molecule has 3 N–H and O–H groups in total. The average Bonchev–Trinajstić information content (AvgIpc) is 2.76. The van der Waals surface area contributed by atoms with E-state index in [2.05, 4.69) is 6.92 Å². The smallest absolute Gasteiger partial charge is 0.157 e. The summed E-state index contributed by atoms with van der Waals surface area (Å²) in [5, 5.41) is 29.9. The van der Waals surface area contributed by atoms with E-state index in [0.29, 0.717) is 17.8 Å². The van der Waals surface area contributed by atoms with E-state index in [1.807, 2.05) is 0 Å². The van der Waals surface area contributed by atoms with Crippen LogP contribution in [0.2, 0.25) is 0 Å². The molecule has 1 aromatic rings. The third-order valence-corrected chi connectivity index (χ3v) is 6.77. The van der Waals surface area contributed by atoms with Gasteiger partial charge in [0.25, 0.3) is 0 Å². The van der Waals surface area contributed by atoms with Crippen LogP contribution in [-0.2, 0) is 6.42 Å². The first-order valence-electron chi connectivity index (χ1n) is 8.23. The molecular weight excluding hydrogens is 264 g/mol. The maximum absolute atomic E-state index is 10.4. The average molecular weight is 288 g/mol. The maximum atomic E-state index is 10.4. The standard InChI is InChI=1S/C18H24O3/c1-18-7-6-11-12(14(18)4-5-17(18)21)3-2-10-8-15(19)16(20)9-13(10)11/h8-9,11-12,14,17,19-21H,2-7H2,1H3/t11-,12?,14-,17-,18-/m0/s1. The molecule has 3 nitrogen and oxygen atoms in total. The number of aryl methyl sites for hydroxylation is 1. The molecule has 0 heterocycles. The van der Waals surface area contributed by atoms with E-state index in [9.17, 15) is 15.3 Å². The van der Waals surface area contributed by atoms with Gasteiger partial charge in [0, 0.05) is 0 Å². The summed E-state index contributed by atoms with van der Waals surface area (Å²) in [4.78, 5) is 0. The first-order valence-corrected chi connectivity index (χ1v) is 8.23. The third kappa shape index (κ3) is 1.76. The monoisotopic (exact) mass is 288 g/mol. The highest BCUT2D eigenvalue weighted by Gasteiger charge is 2.54. The van der Waals surface area contributed by atoms with Crippen molar-refractivity contribution >= 4 is 0 Å². The number of aromatic hydroxyl groups is 2. The van der Waals surface area contributed by atoms with Crippen molar-refractivity contribution in [2.75, 3.05) is 0 Å². The fraction of sp³-hybridized carbons (Fsp3) is 0.667. The van der Waals surface area contributed by atoms with Crippen molar-refractivity contribution in [2.24, 2.45) is 17.3 Å². The van der Waals surface area contributed by atoms with E-state index < -0.39 is 0 Å². The highest BCUT2D eigenvalue weighted by atomic mass is 16.3. The Morgan fingerprint density at radius 1 is 1.05 bits per heavy atom. The van der Waals surface area contributed by atoms with E-state index in [1.54, 1.807) is 12.1 Å². The van der Waals surface area contributed by atoms with Gasteiger partial charge >= 0.3 is 0 Å². The number of hydrogen-bond donors (Lipinski definition) is 3. The molecule has 3 aliphatic carbocycles. The molecule has 3 aliphatic rings. The van der Waals surface area contributed by atoms with Crippen molar-refractivity contribution in [2.45, 2.75) is 57.5 Å². The number of phenols is 2. The second-order valence-electron chi connectivity index (χ2n) is 7.59. The minimum atomic E-state index is -0.141. The van der Waals surface area contributed by atoms with Gasteiger partial charge in [0.1, 0.15) is 0 Å². The van der Waals surface area contributed by atoms with Gasteiger partial charge in [0.15, 0.2) is 11.5 Å². The lowest BCUT2D eigenvalue weighted by Crippen LogP contribution is -2.43. The van der Waals surface area contributed by atoms with Crippen LogP contribution in [0.15, 0.2) is 12.1 Å². The predicted octanol–water partition coefficient (Wildman–Crippen LogP) is 3.31. The molecule has 1 unspecified atom stereocenters. The molecule has 1 aromatic carbocycles. The summed E-state index contributed by atoms with van der Waals surface area (Å²) in [7, 11) is 0. The summed E-state index contributed by atoms with van der Waals surface area (Å²) in [6, 6.07) is 3.54. The van der Waals surface area contributed by atoms with Crippen molar-refractivity contribution in [3.63, 3.8) is 0 Å². The molecule has 5 atom stereocenters. The lowest BCUT2D eigenvalue weighted by Gasteiger charge is -2.50. The highest BCUT2D eigenvalue weighted by molar-refractivity contribution is 5.48. The minimum Gasteiger partial charge on any atom is -0.504 e. The Hall–Kier alpha value is -1.22. The van der Waals surface area contributed by atoms with Crippen LogP contribution >= 0.6 is 0 Å². The van der Waals surface area contributed by atoms with E-state index >= 15 is 0 Å². The van der Waals surface area contributed by atoms with Crippen molar-refractivity contribution < 1.29 is 15.3 Å². The molecule has 2 saturated carbocycles. The number of aliphatic hydroxyl groups is 1. The molecule has 2 fully saturated rings. The molecule has 4 rings (SSSR count). The number of aliphatic hydroxyl groups excluding tert-OH is 1. The van der Waals surface area contributed by atoms with Gasteiger partial charge in [0.2, 0.25) is 0 Å². The van der Waals surface area contributed by atoms with Gasteiger partial charge in [-0.2, -0.15) is 0 Å². The summed E-state index contributed by atoms with van der Waals surface area (Å²) >= 11 is 0. The number of hydrogen-bond acceptors (Lipinski definition) is 3. The number of benzene rings is 1. The number of fused-ring (bicyclic) bond motifs is 5. The lowest BCUT2D eigenvalue weighted by atomic mass is 9.55. The highest BCUT2D eigenvalue weighted by Crippen LogP contribution is 2.61. The van der Waals surface area contributed by atoms with Gasteiger partial charge in [-0.15, -0.1) is 0 Å². The normalized spacial score (nSPS) is 41.2. The Kier molecular flexibility index (Phi) is 2.81. The maximum Gasteiger partial charge on any atom is 0.157 e. The Balaban J connectivity index is 1.73. The van der Waals surface area contributed by atoms with Crippen molar-refractivity contribution in [1.29, 1.82) is 0 Å². The molecule has 0 aliphatic heterocycles. The van der Waals surface area contributed by atoms with Crippen LogP contribution in [0.25, 0.3) is 0 Å². The van der Waals surface area contributed by atoms with Gasteiger partial charge in [-0.1, -0.05) is 6.92 Å². The number of rotatable bonds is 0. The van der Waals surface area contributed by atoms with Crippen molar-refractivity contribution in [3.8, 4) is 11.5 Å². The topological polar surface area (TPSA) is 60.7 Å². The Morgan fingerprint density at radius 3 is 2.62 bits per heavy atom.